The van der Waals surface area contributed by atoms with Gasteiger partial charge in [0.2, 0.25) is 5.82 Å². The van der Waals surface area contributed by atoms with E-state index in [0.717, 1.165) is 11.0 Å². The molecule has 1 aliphatic heterocycles. The van der Waals surface area contributed by atoms with Crippen molar-refractivity contribution in [3.8, 4) is 0 Å². The SMILES string of the molecule is CCC(C)CNC(=O)c1nc(C(F)(F)F)n2c1CNCC2. The number of carbonyl (C=O) groups excluding carboxylic acids is 1. The van der Waals surface area contributed by atoms with E-state index in [1.165, 1.54) is 0 Å². The second-order valence-electron chi connectivity index (χ2n) is 5.28. The zero-order valence-electron chi connectivity index (χ0n) is 12.0. The molecule has 2 rings (SSSR count). The first kappa shape index (κ1) is 15.8. The van der Waals surface area contributed by atoms with E-state index in [9.17, 15) is 18.0 Å². The summed E-state index contributed by atoms with van der Waals surface area (Å²) in [5.41, 5.74) is 0.174. The Labute approximate surface area is 120 Å². The Morgan fingerprint density at radius 1 is 1.52 bits per heavy atom. The van der Waals surface area contributed by atoms with Gasteiger partial charge in [0, 0.05) is 26.2 Å². The number of imidazole rings is 1. The highest BCUT2D eigenvalue weighted by molar-refractivity contribution is 5.93. The van der Waals surface area contributed by atoms with Gasteiger partial charge in [0.05, 0.1) is 5.69 Å². The highest BCUT2D eigenvalue weighted by atomic mass is 19.4. The molecule has 1 atom stereocenters. The lowest BCUT2D eigenvalue weighted by atomic mass is 10.1. The summed E-state index contributed by atoms with van der Waals surface area (Å²) >= 11 is 0. The van der Waals surface area contributed by atoms with Crippen LogP contribution in [0, 0.1) is 5.92 Å². The first-order chi connectivity index (χ1) is 9.84. The summed E-state index contributed by atoms with van der Waals surface area (Å²) < 4.78 is 40.0. The average Bonchev–Trinajstić information content (AvgIpc) is 2.84. The van der Waals surface area contributed by atoms with Crippen LogP contribution >= 0.6 is 0 Å². The Hall–Kier alpha value is -1.57. The summed E-state index contributed by atoms with van der Waals surface area (Å²) in [7, 11) is 0. The molecule has 0 aliphatic carbocycles. The van der Waals surface area contributed by atoms with Crippen LogP contribution < -0.4 is 10.6 Å². The summed E-state index contributed by atoms with van der Waals surface area (Å²) in [4.78, 5) is 15.6. The molecule has 0 spiro atoms. The van der Waals surface area contributed by atoms with Gasteiger partial charge in [0.15, 0.2) is 5.69 Å². The predicted molar refractivity (Wildman–Crippen MR) is 70.7 cm³/mol. The fourth-order valence-electron chi connectivity index (χ4n) is 2.20. The maximum absolute atomic E-state index is 13.0. The number of nitrogens with one attached hydrogen (secondary N) is 2. The van der Waals surface area contributed by atoms with Crippen molar-refractivity contribution >= 4 is 5.91 Å². The van der Waals surface area contributed by atoms with Gasteiger partial charge in [-0.2, -0.15) is 13.2 Å². The van der Waals surface area contributed by atoms with Gasteiger partial charge in [0.1, 0.15) is 0 Å². The number of nitrogens with zero attached hydrogens (tertiary/aromatic N) is 2. The summed E-state index contributed by atoms with van der Waals surface area (Å²) in [5.74, 6) is -1.27. The monoisotopic (exact) mass is 304 g/mol. The van der Waals surface area contributed by atoms with Crippen LogP contribution in [0.15, 0.2) is 0 Å². The Morgan fingerprint density at radius 2 is 2.24 bits per heavy atom. The molecule has 2 heterocycles. The van der Waals surface area contributed by atoms with Gasteiger partial charge in [0.25, 0.3) is 5.91 Å². The van der Waals surface area contributed by atoms with Gasteiger partial charge < -0.3 is 15.2 Å². The van der Waals surface area contributed by atoms with Gasteiger partial charge in [-0.05, 0) is 5.92 Å². The minimum atomic E-state index is -4.55. The third-order valence-corrected chi connectivity index (χ3v) is 3.65. The highest BCUT2D eigenvalue weighted by Gasteiger charge is 2.40. The lowest BCUT2D eigenvalue weighted by Crippen LogP contribution is -2.33. The predicted octanol–water partition coefficient (Wildman–Crippen LogP) is 1.78. The molecule has 21 heavy (non-hydrogen) atoms. The molecule has 1 unspecified atom stereocenters. The number of carbonyl (C=O) groups is 1. The summed E-state index contributed by atoms with van der Waals surface area (Å²) in [6.07, 6.45) is -3.67. The summed E-state index contributed by atoms with van der Waals surface area (Å²) in [6, 6.07) is 0. The zero-order chi connectivity index (χ0) is 15.6. The van der Waals surface area contributed by atoms with Gasteiger partial charge in [-0.15, -0.1) is 0 Å². The molecule has 118 valence electrons. The number of aromatic nitrogens is 2. The Kier molecular flexibility index (Phi) is 4.55. The Morgan fingerprint density at radius 3 is 2.86 bits per heavy atom. The van der Waals surface area contributed by atoms with Crippen LogP contribution in [-0.4, -0.2) is 28.5 Å². The number of hydrogen-bond donors (Lipinski definition) is 2. The van der Waals surface area contributed by atoms with Crippen molar-refractivity contribution in [2.45, 2.75) is 39.5 Å². The van der Waals surface area contributed by atoms with E-state index in [2.05, 4.69) is 15.6 Å². The molecule has 1 aromatic heterocycles. The molecule has 1 aliphatic rings. The van der Waals surface area contributed by atoms with Gasteiger partial charge in [-0.1, -0.05) is 20.3 Å². The second kappa shape index (κ2) is 6.05. The standard InChI is InChI=1S/C13H19F3N4O/c1-3-8(2)6-18-11(21)10-9-7-17-4-5-20(9)12(19-10)13(14,15)16/h8,17H,3-7H2,1-2H3,(H,18,21). The Bertz CT molecular complexity index is 524. The van der Waals surface area contributed by atoms with Crippen LogP contribution in [0.5, 0.6) is 0 Å². The van der Waals surface area contributed by atoms with E-state index >= 15 is 0 Å². The molecule has 0 bridgehead atoms. The molecule has 0 radical (unpaired) electrons. The number of rotatable bonds is 4. The molecular formula is C13H19F3N4O. The highest BCUT2D eigenvalue weighted by Crippen LogP contribution is 2.31. The van der Waals surface area contributed by atoms with E-state index in [0.29, 0.717) is 18.8 Å². The maximum atomic E-state index is 13.0. The van der Waals surface area contributed by atoms with Crippen molar-refractivity contribution in [1.29, 1.82) is 0 Å². The molecular weight excluding hydrogens is 285 g/mol. The average molecular weight is 304 g/mol. The van der Waals surface area contributed by atoms with E-state index in [4.69, 9.17) is 0 Å². The lowest BCUT2D eigenvalue weighted by molar-refractivity contribution is -0.147. The molecule has 0 fully saturated rings. The minimum absolute atomic E-state index is 0.127. The van der Waals surface area contributed by atoms with Crippen molar-refractivity contribution in [1.82, 2.24) is 20.2 Å². The Balaban J connectivity index is 2.27. The van der Waals surface area contributed by atoms with E-state index in [-0.39, 0.29) is 24.7 Å². The van der Waals surface area contributed by atoms with E-state index < -0.39 is 17.9 Å². The maximum Gasteiger partial charge on any atom is 0.449 e. The van der Waals surface area contributed by atoms with Crippen molar-refractivity contribution in [3.63, 3.8) is 0 Å². The first-order valence-corrected chi connectivity index (χ1v) is 7.00. The van der Waals surface area contributed by atoms with Crippen molar-refractivity contribution in [2.24, 2.45) is 5.92 Å². The van der Waals surface area contributed by atoms with Crippen LogP contribution in [0.3, 0.4) is 0 Å². The summed E-state index contributed by atoms with van der Waals surface area (Å²) in [5, 5.41) is 5.62. The van der Waals surface area contributed by atoms with Crippen molar-refractivity contribution < 1.29 is 18.0 Å². The summed E-state index contributed by atoms with van der Waals surface area (Å²) in [6.45, 7) is 5.19. The number of halogens is 3. The zero-order valence-corrected chi connectivity index (χ0v) is 12.0. The lowest BCUT2D eigenvalue weighted by Gasteiger charge is -2.19. The fraction of sp³-hybridized carbons (Fsp3) is 0.692. The first-order valence-electron chi connectivity index (χ1n) is 7.00. The molecule has 1 aromatic rings. The van der Waals surface area contributed by atoms with Crippen LogP contribution in [0.4, 0.5) is 13.2 Å². The molecule has 0 saturated carbocycles. The van der Waals surface area contributed by atoms with Crippen LogP contribution in [0.25, 0.3) is 0 Å². The topological polar surface area (TPSA) is 59.0 Å². The van der Waals surface area contributed by atoms with Gasteiger partial charge >= 0.3 is 6.18 Å². The van der Waals surface area contributed by atoms with Crippen molar-refractivity contribution in [2.75, 3.05) is 13.1 Å². The van der Waals surface area contributed by atoms with Crippen LogP contribution in [0.2, 0.25) is 0 Å². The molecule has 0 aromatic carbocycles. The number of alkyl halides is 3. The number of hydrogen-bond acceptors (Lipinski definition) is 3. The van der Waals surface area contributed by atoms with Crippen LogP contribution in [0.1, 0.15) is 42.3 Å². The second-order valence-corrected chi connectivity index (χ2v) is 5.28. The molecule has 2 N–H and O–H groups in total. The quantitative estimate of drug-likeness (QED) is 0.891. The minimum Gasteiger partial charge on any atom is -0.350 e. The smallest absolute Gasteiger partial charge is 0.350 e. The number of amides is 1. The third-order valence-electron chi connectivity index (χ3n) is 3.65. The van der Waals surface area contributed by atoms with Gasteiger partial charge in [-0.25, -0.2) is 4.98 Å². The van der Waals surface area contributed by atoms with Gasteiger partial charge in [-0.3, -0.25) is 4.79 Å². The molecule has 1 amide bonds. The molecule has 0 saturated heterocycles. The number of fused-ring (bicyclic) bond motifs is 1. The normalized spacial score (nSPS) is 16.4. The van der Waals surface area contributed by atoms with Crippen LogP contribution in [-0.2, 0) is 19.3 Å². The van der Waals surface area contributed by atoms with E-state index in [1.807, 2.05) is 13.8 Å². The van der Waals surface area contributed by atoms with E-state index in [1.54, 1.807) is 0 Å². The fourth-order valence-corrected chi connectivity index (χ4v) is 2.20. The molecule has 5 nitrogen and oxygen atoms in total. The van der Waals surface area contributed by atoms with Crippen molar-refractivity contribution in [3.05, 3.63) is 17.2 Å². The third kappa shape index (κ3) is 3.37. The largest absolute Gasteiger partial charge is 0.449 e. The molecule has 8 heteroatoms.